The molecular weight excluding hydrogens is 264 g/mol. The molecule has 1 amide bonds. The minimum atomic E-state index is -0.670. The molecular formula is C17H32N2O2. The summed E-state index contributed by atoms with van der Waals surface area (Å²) in [5.41, 5.74) is -1.22. The third kappa shape index (κ3) is 9.43. The van der Waals surface area contributed by atoms with Crippen molar-refractivity contribution in [3.63, 3.8) is 0 Å². The van der Waals surface area contributed by atoms with Gasteiger partial charge in [-0.05, 0) is 48.5 Å². The average Bonchev–Trinajstić information content (AvgIpc) is 2.24. The Hall–Kier alpha value is -1.13. The molecule has 0 aromatic carbocycles. The highest BCUT2D eigenvalue weighted by molar-refractivity contribution is 5.86. The lowest BCUT2D eigenvalue weighted by molar-refractivity contribution is -0.129. The zero-order chi connectivity index (χ0) is 16.7. The van der Waals surface area contributed by atoms with E-state index in [0.29, 0.717) is 13.2 Å². The van der Waals surface area contributed by atoms with Crippen molar-refractivity contribution in [2.75, 3.05) is 13.2 Å². The highest BCUT2D eigenvalue weighted by Crippen LogP contribution is 2.14. The van der Waals surface area contributed by atoms with Crippen LogP contribution in [-0.2, 0) is 9.53 Å². The third-order valence-corrected chi connectivity index (χ3v) is 2.66. The van der Waals surface area contributed by atoms with Crippen LogP contribution in [0.2, 0.25) is 0 Å². The summed E-state index contributed by atoms with van der Waals surface area (Å²) in [6.07, 6.45) is 5.47. The van der Waals surface area contributed by atoms with Crippen molar-refractivity contribution in [1.29, 1.82) is 0 Å². The molecule has 0 aliphatic rings. The van der Waals surface area contributed by atoms with Crippen LogP contribution in [0.25, 0.3) is 0 Å². The smallest absolute Gasteiger partial charge is 0.240 e. The van der Waals surface area contributed by atoms with Gasteiger partial charge in [-0.2, -0.15) is 0 Å². The maximum absolute atomic E-state index is 12.3. The molecule has 122 valence electrons. The molecule has 0 rings (SSSR count). The summed E-state index contributed by atoms with van der Waals surface area (Å²) in [7, 11) is 0. The van der Waals surface area contributed by atoms with Gasteiger partial charge in [0.05, 0.1) is 18.8 Å². The fraction of sp³-hybridized carbons (Fsp3) is 0.706. The largest absolute Gasteiger partial charge is 0.375 e. The van der Waals surface area contributed by atoms with Crippen molar-refractivity contribution in [3.05, 3.63) is 24.8 Å². The fourth-order valence-corrected chi connectivity index (χ4v) is 1.97. The Morgan fingerprint density at radius 1 is 1.14 bits per heavy atom. The summed E-state index contributed by atoms with van der Waals surface area (Å²) in [6.45, 7) is 18.4. The normalized spacial score (nSPS) is 13.5. The highest BCUT2D eigenvalue weighted by Gasteiger charge is 2.35. The molecule has 21 heavy (non-hydrogen) atoms. The Morgan fingerprint density at radius 3 is 2.19 bits per heavy atom. The van der Waals surface area contributed by atoms with E-state index in [0.717, 1.165) is 0 Å². The second-order valence-corrected chi connectivity index (χ2v) is 7.52. The van der Waals surface area contributed by atoms with Gasteiger partial charge in [-0.1, -0.05) is 24.8 Å². The van der Waals surface area contributed by atoms with Gasteiger partial charge in [0, 0.05) is 11.1 Å². The summed E-state index contributed by atoms with van der Waals surface area (Å²) in [5, 5.41) is 6.37. The maximum atomic E-state index is 12.3. The zero-order valence-corrected chi connectivity index (χ0v) is 14.7. The summed E-state index contributed by atoms with van der Waals surface area (Å²) in [5.74, 6) is -0.0189. The highest BCUT2D eigenvalue weighted by atomic mass is 16.5. The Morgan fingerprint density at radius 2 is 1.71 bits per heavy atom. The van der Waals surface area contributed by atoms with E-state index >= 15 is 0 Å². The molecule has 0 atom stereocenters. The van der Waals surface area contributed by atoms with Gasteiger partial charge in [0.15, 0.2) is 0 Å². The molecule has 0 saturated carbocycles. The van der Waals surface area contributed by atoms with Crippen LogP contribution >= 0.6 is 0 Å². The van der Waals surface area contributed by atoms with Crippen molar-refractivity contribution in [3.8, 4) is 0 Å². The summed E-state index contributed by atoms with van der Waals surface area (Å²) >= 11 is 0. The standard InChI is InChI=1S/C17H32N2O2/c1-9-10-11-12-21-13-16(5,6)19-17(7,8)14(20)18-15(2,3)4/h9-11,19H,1,12-13H2,2-8H3,(H,18,20)/b11-10+. The van der Waals surface area contributed by atoms with Gasteiger partial charge in [0.1, 0.15) is 0 Å². The van der Waals surface area contributed by atoms with E-state index in [4.69, 9.17) is 4.74 Å². The van der Waals surface area contributed by atoms with Crippen LogP contribution in [0.1, 0.15) is 48.5 Å². The number of rotatable bonds is 8. The van der Waals surface area contributed by atoms with Crippen molar-refractivity contribution in [2.45, 2.75) is 65.1 Å². The first-order chi connectivity index (χ1) is 9.40. The monoisotopic (exact) mass is 296 g/mol. The number of ether oxygens (including phenoxy) is 1. The quantitative estimate of drug-likeness (QED) is 0.535. The van der Waals surface area contributed by atoms with Gasteiger partial charge in [0.25, 0.3) is 0 Å². The van der Waals surface area contributed by atoms with Crippen LogP contribution in [-0.4, -0.2) is 35.7 Å². The number of carbonyl (C=O) groups is 1. The van der Waals surface area contributed by atoms with Gasteiger partial charge in [0.2, 0.25) is 5.91 Å². The lowest BCUT2D eigenvalue weighted by Crippen LogP contribution is -2.63. The molecule has 0 aliphatic carbocycles. The van der Waals surface area contributed by atoms with Gasteiger partial charge in [-0.15, -0.1) is 0 Å². The van der Waals surface area contributed by atoms with Crippen molar-refractivity contribution >= 4 is 5.91 Å². The Balaban J connectivity index is 4.49. The molecule has 4 nitrogen and oxygen atoms in total. The molecule has 0 aromatic heterocycles. The molecule has 0 saturated heterocycles. The lowest BCUT2D eigenvalue weighted by Gasteiger charge is -2.37. The fourth-order valence-electron chi connectivity index (χ4n) is 1.97. The number of nitrogens with one attached hydrogen (secondary N) is 2. The molecule has 0 aromatic rings. The van der Waals surface area contributed by atoms with Crippen LogP contribution in [0.4, 0.5) is 0 Å². The number of amides is 1. The molecule has 0 heterocycles. The van der Waals surface area contributed by atoms with Crippen molar-refractivity contribution in [1.82, 2.24) is 10.6 Å². The van der Waals surface area contributed by atoms with E-state index in [1.807, 2.05) is 60.6 Å². The second kappa shape index (κ2) is 7.76. The molecule has 4 heteroatoms. The first-order valence-electron chi connectivity index (χ1n) is 7.37. The molecule has 0 fully saturated rings. The molecule has 2 N–H and O–H groups in total. The van der Waals surface area contributed by atoms with Crippen LogP contribution in [0, 0.1) is 0 Å². The SMILES string of the molecule is C=C/C=C/COCC(C)(C)NC(C)(C)C(=O)NC(C)(C)C. The van der Waals surface area contributed by atoms with E-state index < -0.39 is 5.54 Å². The summed E-state index contributed by atoms with van der Waals surface area (Å²) < 4.78 is 5.60. The van der Waals surface area contributed by atoms with Gasteiger partial charge >= 0.3 is 0 Å². The number of allylic oxidation sites excluding steroid dienone is 2. The number of hydrogen-bond donors (Lipinski definition) is 2. The van der Waals surface area contributed by atoms with E-state index in [1.54, 1.807) is 6.08 Å². The molecule has 0 radical (unpaired) electrons. The topological polar surface area (TPSA) is 50.4 Å². The predicted molar refractivity (Wildman–Crippen MR) is 89.3 cm³/mol. The third-order valence-electron chi connectivity index (χ3n) is 2.66. The van der Waals surface area contributed by atoms with Gasteiger partial charge < -0.3 is 10.1 Å². The van der Waals surface area contributed by atoms with E-state index in [9.17, 15) is 4.79 Å². The minimum absolute atomic E-state index is 0.0189. The van der Waals surface area contributed by atoms with Crippen LogP contribution in [0.5, 0.6) is 0 Å². The first-order valence-corrected chi connectivity index (χ1v) is 7.37. The van der Waals surface area contributed by atoms with Crippen molar-refractivity contribution < 1.29 is 9.53 Å². The van der Waals surface area contributed by atoms with E-state index in [2.05, 4.69) is 17.2 Å². The maximum Gasteiger partial charge on any atom is 0.240 e. The Labute approximate surface area is 130 Å². The minimum Gasteiger partial charge on any atom is -0.375 e. The number of hydrogen-bond acceptors (Lipinski definition) is 3. The first kappa shape index (κ1) is 19.9. The molecule has 0 aliphatic heterocycles. The molecule has 0 bridgehead atoms. The lowest BCUT2D eigenvalue weighted by atomic mass is 9.95. The second-order valence-electron chi connectivity index (χ2n) is 7.52. The Kier molecular flexibility index (Phi) is 7.34. The van der Waals surface area contributed by atoms with Crippen LogP contribution in [0.15, 0.2) is 24.8 Å². The van der Waals surface area contributed by atoms with Crippen LogP contribution < -0.4 is 10.6 Å². The zero-order valence-electron chi connectivity index (χ0n) is 14.7. The van der Waals surface area contributed by atoms with E-state index in [-0.39, 0.29) is 17.0 Å². The van der Waals surface area contributed by atoms with Crippen LogP contribution in [0.3, 0.4) is 0 Å². The summed E-state index contributed by atoms with van der Waals surface area (Å²) in [6, 6.07) is 0. The average molecular weight is 296 g/mol. The Bertz CT molecular complexity index is 377. The summed E-state index contributed by atoms with van der Waals surface area (Å²) in [4.78, 5) is 12.3. The number of carbonyl (C=O) groups excluding carboxylic acids is 1. The van der Waals surface area contributed by atoms with Gasteiger partial charge in [-0.25, -0.2) is 0 Å². The van der Waals surface area contributed by atoms with Crippen molar-refractivity contribution in [2.24, 2.45) is 0 Å². The van der Waals surface area contributed by atoms with E-state index in [1.165, 1.54) is 0 Å². The predicted octanol–water partition coefficient (Wildman–Crippen LogP) is 2.81. The van der Waals surface area contributed by atoms with Gasteiger partial charge in [-0.3, -0.25) is 10.1 Å². The molecule has 0 spiro atoms. The molecule has 0 unspecified atom stereocenters.